The zero-order valence-corrected chi connectivity index (χ0v) is 14.6. The Balaban J connectivity index is 1.61. The number of fused-ring (bicyclic) bond motifs is 1. The van der Waals surface area contributed by atoms with Gasteiger partial charge in [0.1, 0.15) is 5.82 Å². The first-order valence-corrected chi connectivity index (χ1v) is 8.52. The van der Waals surface area contributed by atoms with Crippen molar-refractivity contribution in [2.45, 2.75) is 12.8 Å². The van der Waals surface area contributed by atoms with E-state index in [1.54, 1.807) is 12.1 Å². The smallest absolute Gasteiger partial charge is 0.259 e. The molecule has 1 heterocycles. The summed E-state index contributed by atoms with van der Waals surface area (Å²) >= 11 is 3.28. The van der Waals surface area contributed by atoms with E-state index in [9.17, 15) is 9.18 Å². The number of nitrogens with one attached hydrogen (secondary N) is 1. The number of carbonyl (C=O) groups is 1. The van der Waals surface area contributed by atoms with Crippen LogP contribution in [-0.2, 0) is 11.2 Å². The fourth-order valence-electron chi connectivity index (χ4n) is 2.77. The second-order valence-electron chi connectivity index (χ2n) is 5.61. The second kappa shape index (κ2) is 7.57. The Bertz CT molecular complexity index is 779. The minimum Gasteiger partial charge on any atom is -0.362 e. The predicted molar refractivity (Wildman–Crippen MR) is 96.8 cm³/mol. The summed E-state index contributed by atoms with van der Waals surface area (Å²) in [7, 11) is 0. The van der Waals surface area contributed by atoms with Crippen LogP contribution in [0.15, 0.2) is 52.0 Å². The van der Waals surface area contributed by atoms with Gasteiger partial charge in [-0.25, -0.2) is 9.82 Å². The Hall–Kier alpha value is -2.21. The molecule has 1 aliphatic heterocycles. The molecule has 1 N–H and O–H groups in total. The topological polar surface area (TPSA) is 44.7 Å². The van der Waals surface area contributed by atoms with Gasteiger partial charge in [0.05, 0.1) is 12.8 Å². The Morgan fingerprint density at radius 3 is 3.04 bits per heavy atom. The van der Waals surface area contributed by atoms with Gasteiger partial charge in [-0.2, -0.15) is 5.10 Å². The molecule has 0 spiro atoms. The van der Waals surface area contributed by atoms with Crippen molar-refractivity contribution in [1.29, 1.82) is 0 Å². The van der Waals surface area contributed by atoms with E-state index in [2.05, 4.69) is 32.5 Å². The molecule has 6 heteroatoms. The van der Waals surface area contributed by atoms with Crippen molar-refractivity contribution in [3.63, 3.8) is 0 Å². The van der Waals surface area contributed by atoms with Gasteiger partial charge in [0, 0.05) is 22.3 Å². The molecule has 0 fully saturated rings. The highest BCUT2D eigenvalue weighted by Gasteiger charge is 2.18. The van der Waals surface area contributed by atoms with E-state index in [4.69, 9.17) is 0 Å². The molecule has 0 saturated heterocycles. The van der Waals surface area contributed by atoms with Crippen LogP contribution in [0.3, 0.4) is 0 Å². The number of amides is 1. The Labute approximate surface area is 148 Å². The number of anilines is 1. The monoisotopic (exact) mass is 389 g/mol. The Kier molecular flexibility index (Phi) is 5.25. The summed E-state index contributed by atoms with van der Waals surface area (Å²) < 4.78 is 14.4. The molecular weight excluding hydrogens is 373 g/mol. The number of hydrogen-bond donors (Lipinski definition) is 1. The molecule has 0 radical (unpaired) electrons. The van der Waals surface area contributed by atoms with E-state index in [0.29, 0.717) is 5.56 Å². The van der Waals surface area contributed by atoms with Crippen molar-refractivity contribution in [3.8, 4) is 0 Å². The summed E-state index contributed by atoms with van der Waals surface area (Å²) in [5.74, 6) is -0.612. The van der Waals surface area contributed by atoms with Gasteiger partial charge in [0.15, 0.2) is 0 Å². The molecule has 3 rings (SSSR count). The maximum Gasteiger partial charge on any atom is 0.259 e. The molecule has 0 aliphatic carbocycles. The molecule has 0 aromatic heterocycles. The fourth-order valence-corrected chi connectivity index (χ4v) is 3.15. The van der Waals surface area contributed by atoms with Crippen LogP contribution >= 0.6 is 15.9 Å². The van der Waals surface area contributed by atoms with Crippen LogP contribution in [-0.4, -0.2) is 25.2 Å². The number of hydrazone groups is 1. The van der Waals surface area contributed by atoms with Gasteiger partial charge in [-0.05, 0) is 42.7 Å². The number of carbonyl (C=O) groups excluding carboxylic acids is 1. The number of aryl methyl sites for hydroxylation is 1. The standard InChI is InChI=1S/C18H17BrFN3O/c19-15-7-8-16(20)14(10-15)11-21-22-18(24)12-23-9-3-5-13-4-1-2-6-17(13)23/h1-2,4,6-8,10-11H,3,5,9,12H2,(H,22,24)/b21-11-. The first-order chi connectivity index (χ1) is 11.6. The SMILES string of the molecule is O=C(CN1CCCc2ccccc21)N/N=C\c1cc(Br)ccc1F. The van der Waals surface area contributed by atoms with Gasteiger partial charge < -0.3 is 4.90 Å². The van der Waals surface area contributed by atoms with Crippen LogP contribution in [0.5, 0.6) is 0 Å². The lowest BCUT2D eigenvalue weighted by molar-refractivity contribution is -0.119. The molecular formula is C18H17BrFN3O. The van der Waals surface area contributed by atoms with Gasteiger partial charge in [0.25, 0.3) is 5.91 Å². The van der Waals surface area contributed by atoms with Crippen molar-refractivity contribution >= 4 is 33.7 Å². The average Bonchev–Trinajstić information content (AvgIpc) is 2.58. The van der Waals surface area contributed by atoms with E-state index in [0.717, 1.165) is 29.5 Å². The summed E-state index contributed by atoms with van der Waals surface area (Å²) in [5, 5.41) is 3.85. The minimum absolute atomic E-state index is 0.224. The Morgan fingerprint density at radius 2 is 2.17 bits per heavy atom. The summed E-state index contributed by atoms with van der Waals surface area (Å²) in [6.45, 7) is 1.07. The third kappa shape index (κ3) is 4.00. The largest absolute Gasteiger partial charge is 0.362 e. The van der Waals surface area contributed by atoms with Crippen LogP contribution in [0, 0.1) is 5.82 Å². The number of hydrogen-bond acceptors (Lipinski definition) is 3. The highest BCUT2D eigenvalue weighted by atomic mass is 79.9. The highest BCUT2D eigenvalue weighted by Crippen LogP contribution is 2.26. The molecule has 24 heavy (non-hydrogen) atoms. The zero-order valence-electron chi connectivity index (χ0n) is 13.0. The number of benzene rings is 2. The van der Waals surface area contributed by atoms with Gasteiger partial charge in [-0.3, -0.25) is 4.79 Å². The van der Waals surface area contributed by atoms with E-state index < -0.39 is 0 Å². The molecule has 0 unspecified atom stereocenters. The van der Waals surface area contributed by atoms with Gasteiger partial charge in [-0.1, -0.05) is 34.1 Å². The molecule has 124 valence electrons. The molecule has 4 nitrogen and oxygen atoms in total. The van der Waals surface area contributed by atoms with Crippen molar-refractivity contribution < 1.29 is 9.18 Å². The third-order valence-corrected chi connectivity index (χ3v) is 4.39. The lowest BCUT2D eigenvalue weighted by atomic mass is 10.0. The van der Waals surface area contributed by atoms with Crippen LogP contribution in [0.1, 0.15) is 17.5 Å². The predicted octanol–water partition coefficient (Wildman–Crippen LogP) is 3.49. The molecule has 0 saturated carbocycles. The minimum atomic E-state index is -0.388. The normalized spacial score (nSPS) is 13.8. The fraction of sp³-hybridized carbons (Fsp3) is 0.222. The second-order valence-corrected chi connectivity index (χ2v) is 6.53. The Morgan fingerprint density at radius 1 is 1.33 bits per heavy atom. The molecule has 1 aliphatic rings. The highest BCUT2D eigenvalue weighted by molar-refractivity contribution is 9.10. The van der Waals surface area contributed by atoms with Crippen molar-refractivity contribution in [2.75, 3.05) is 18.0 Å². The van der Waals surface area contributed by atoms with Gasteiger partial charge in [-0.15, -0.1) is 0 Å². The van der Waals surface area contributed by atoms with Crippen LogP contribution < -0.4 is 10.3 Å². The van der Waals surface area contributed by atoms with E-state index in [1.165, 1.54) is 17.8 Å². The maximum atomic E-state index is 13.6. The number of rotatable bonds is 4. The van der Waals surface area contributed by atoms with Gasteiger partial charge in [0.2, 0.25) is 0 Å². The van der Waals surface area contributed by atoms with Crippen molar-refractivity contribution in [1.82, 2.24) is 5.43 Å². The molecule has 2 aromatic rings. The molecule has 0 bridgehead atoms. The van der Waals surface area contributed by atoms with Crippen LogP contribution in [0.2, 0.25) is 0 Å². The lowest BCUT2D eigenvalue weighted by Crippen LogP contribution is -2.38. The van der Waals surface area contributed by atoms with E-state index >= 15 is 0 Å². The van der Waals surface area contributed by atoms with Crippen LogP contribution in [0.25, 0.3) is 0 Å². The van der Waals surface area contributed by atoms with E-state index in [-0.39, 0.29) is 18.3 Å². The summed E-state index contributed by atoms with van der Waals surface area (Å²) in [6, 6.07) is 12.7. The third-order valence-electron chi connectivity index (χ3n) is 3.89. The summed E-state index contributed by atoms with van der Waals surface area (Å²) in [4.78, 5) is 14.1. The van der Waals surface area contributed by atoms with Crippen molar-refractivity contribution in [2.24, 2.45) is 5.10 Å². The maximum absolute atomic E-state index is 13.6. The summed E-state index contributed by atoms with van der Waals surface area (Å²) in [5.41, 5.74) is 5.13. The van der Waals surface area contributed by atoms with E-state index in [1.807, 2.05) is 23.1 Å². The zero-order chi connectivity index (χ0) is 16.9. The molecule has 0 atom stereocenters. The quantitative estimate of drug-likeness (QED) is 0.642. The number of nitrogens with zero attached hydrogens (tertiary/aromatic N) is 2. The molecule has 2 aromatic carbocycles. The first kappa shape index (κ1) is 16.6. The van der Waals surface area contributed by atoms with Gasteiger partial charge >= 0.3 is 0 Å². The molecule has 1 amide bonds. The number of para-hydroxylation sites is 1. The lowest BCUT2D eigenvalue weighted by Gasteiger charge is -2.30. The number of halogens is 2. The first-order valence-electron chi connectivity index (χ1n) is 7.73. The van der Waals surface area contributed by atoms with Crippen LogP contribution in [0.4, 0.5) is 10.1 Å². The summed E-state index contributed by atoms with van der Waals surface area (Å²) in [6.07, 6.45) is 3.37. The van der Waals surface area contributed by atoms with Crippen molar-refractivity contribution in [3.05, 3.63) is 63.9 Å². The average molecular weight is 390 g/mol.